The van der Waals surface area contributed by atoms with Crippen LogP contribution in [0.1, 0.15) is 11.6 Å². The van der Waals surface area contributed by atoms with Crippen LogP contribution in [0, 0.1) is 0 Å². The predicted molar refractivity (Wildman–Crippen MR) is 76.9 cm³/mol. The van der Waals surface area contributed by atoms with Crippen LogP contribution in [0.25, 0.3) is 0 Å². The highest BCUT2D eigenvalue weighted by Crippen LogP contribution is 2.40. The van der Waals surface area contributed by atoms with Crippen molar-refractivity contribution in [3.8, 4) is 11.5 Å². The molecule has 19 heavy (non-hydrogen) atoms. The second-order valence-corrected chi connectivity index (χ2v) is 4.60. The molecule has 1 aromatic carbocycles. The number of hydrogen-bond donors (Lipinski definition) is 1. The number of methoxy groups -OCH3 is 4. The maximum absolute atomic E-state index is 5.46. The van der Waals surface area contributed by atoms with E-state index < -0.39 is 6.29 Å². The molecular formula is C13H20BrNO4. The van der Waals surface area contributed by atoms with E-state index in [2.05, 4.69) is 21.2 Å². The van der Waals surface area contributed by atoms with Crippen molar-refractivity contribution in [2.45, 2.75) is 12.3 Å². The van der Waals surface area contributed by atoms with Crippen molar-refractivity contribution in [1.82, 2.24) is 5.32 Å². The van der Waals surface area contributed by atoms with Gasteiger partial charge >= 0.3 is 0 Å². The van der Waals surface area contributed by atoms with E-state index in [1.165, 1.54) is 0 Å². The van der Waals surface area contributed by atoms with Gasteiger partial charge < -0.3 is 24.3 Å². The van der Waals surface area contributed by atoms with E-state index >= 15 is 0 Å². The Bertz CT molecular complexity index is 410. The lowest BCUT2D eigenvalue weighted by atomic mass is 10.0. The zero-order chi connectivity index (χ0) is 14.4. The molecule has 0 amide bonds. The summed E-state index contributed by atoms with van der Waals surface area (Å²) in [4.78, 5) is 0. The normalized spacial score (nSPS) is 12.6. The van der Waals surface area contributed by atoms with Gasteiger partial charge in [-0.05, 0) is 35.1 Å². The van der Waals surface area contributed by atoms with Gasteiger partial charge in [-0.2, -0.15) is 0 Å². The fourth-order valence-corrected chi connectivity index (χ4v) is 2.65. The lowest BCUT2D eigenvalue weighted by Crippen LogP contribution is -2.32. The number of hydrogen-bond acceptors (Lipinski definition) is 5. The second-order valence-electron chi connectivity index (χ2n) is 3.81. The molecule has 0 radical (unpaired) electrons. The van der Waals surface area contributed by atoms with Crippen molar-refractivity contribution >= 4 is 15.9 Å². The second kappa shape index (κ2) is 7.69. The van der Waals surface area contributed by atoms with E-state index in [-0.39, 0.29) is 6.04 Å². The van der Waals surface area contributed by atoms with Crippen LogP contribution >= 0.6 is 15.9 Å². The monoisotopic (exact) mass is 333 g/mol. The van der Waals surface area contributed by atoms with Crippen LogP contribution in [0.3, 0.4) is 0 Å². The van der Waals surface area contributed by atoms with Crippen molar-refractivity contribution in [1.29, 1.82) is 0 Å². The molecule has 1 aromatic rings. The molecule has 0 fully saturated rings. The Balaban J connectivity index is 3.27. The molecule has 0 saturated heterocycles. The summed E-state index contributed by atoms with van der Waals surface area (Å²) in [6.07, 6.45) is -0.417. The predicted octanol–water partition coefficient (Wildman–Crippen LogP) is 2.35. The molecule has 0 aromatic heterocycles. The molecule has 0 aliphatic carbocycles. The van der Waals surface area contributed by atoms with Crippen LogP contribution in [0.2, 0.25) is 0 Å². The minimum absolute atomic E-state index is 0.160. The Kier molecular flexibility index (Phi) is 6.57. The molecular weight excluding hydrogens is 314 g/mol. The molecule has 1 N–H and O–H groups in total. The number of halogens is 1. The maximum Gasteiger partial charge on any atom is 0.176 e. The third kappa shape index (κ3) is 3.39. The van der Waals surface area contributed by atoms with E-state index in [1.54, 1.807) is 28.4 Å². The highest BCUT2D eigenvalue weighted by Gasteiger charge is 2.26. The number of ether oxygens (including phenoxy) is 4. The molecule has 1 atom stereocenters. The first-order valence-corrected chi connectivity index (χ1v) is 6.57. The van der Waals surface area contributed by atoms with Gasteiger partial charge in [0.15, 0.2) is 6.29 Å². The summed E-state index contributed by atoms with van der Waals surface area (Å²) in [5, 5.41) is 3.17. The van der Waals surface area contributed by atoms with E-state index in [1.807, 2.05) is 19.2 Å². The van der Waals surface area contributed by atoms with Crippen LogP contribution < -0.4 is 14.8 Å². The molecule has 0 bridgehead atoms. The zero-order valence-corrected chi connectivity index (χ0v) is 13.4. The molecule has 0 spiro atoms. The molecule has 1 unspecified atom stereocenters. The van der Waals surface area contributed by atoms with Crippen LogP contribution in [0.4, 0.5) is 0 Å². The maximum atomic E-state index is 5.46. The molecule has 108 valence electrons. The van der Waals surface area contributed by atoms with Gasteiger partial charge in [0.1, 0.15) is 16.0 Å². The van der Waals surface area contributed by atoms with Crippen LogP contribution in [-0.4, -0.2) is 41.8 Å². The van der Waals surface area contributed by atoms with Crippen molar-refractivity contribution < 1.29 is 18.9 Å². The first kappa shape index (κ1) is 16.2. The summed E-state index contributed by atoms with van der Waals surface area (Å²) in [5.74, 6) is 1.40. The Morgan fingerprint density at radius 2 is 1.68 bits per heavy atom. The van der Waals surface area contributed by atoms with Crippen molar-refractivity contribution in [3.63, 3.8) is 0 Å². The largest absolute Gasteiger partial charge is 0.495 e. The van der Waals surface area contributed by atoms with Gasteiger partial charge in [0.2, 0.25) is 0 Å². The standard InChI is InChI=1S/C13H20BrNO4/c1-15-11(13(18-4)19-5)8-6-7-9(16-2)10(14)12(8)17-3/h6-7,11,13,15H,1-5H3. The van der Waals surface area contributed by atoms with Crippen molar-refractivity contribution in [2.24, 2.45) is 0 Å². The van der Waals surface area contributed by atoms with Gasteiger partial charge in [-0.25, -0.2) is 0 Å². The quantitative estimate of drug-likeness (QED) is 0.776. The summed E-state index contributed by atoms with van der Waals surface area (Å²) in [5.41, 5.74) is 0.923. The van der Waals surface area contributed by atoms with Crippen LogP contribution in [0.15, 0.2) is 16.6 Å². The van der Waals surface area contributed by atoms with E-state index in [4.69, 9.17) is 18.9 Å². The third-order valence-electron chi connectivity index (χ3n) is 2.90. The number of benzene rings is 1. The molecule has 6 heteroatoms. The minimum Gasteiger partial charge on any atom is -0.495 e. The average Bonchev–Trinajstić information content (AvgIpc) is 2.44. The summed E-state index contributed by atoms with van der Waals surface area (Å²) in [7, 11) is 8.27. The lowest BCUT2D eigenvalue weighted by Gasteiger charge is -2.26. The molecule has 1 rings (SSSR count). The van der Waals surface area contributed by atoms with E-state index in [9.17, 15) is 0 Å². The Labute approximate surface area is 122 Å². The highest BCUT2D eigenvalue weighted by molar-refractivity contribution is 9.10. The topological polar surface area (TPSA) is 49.0 Å². The van der Waals surface area contributed by atoms with Gasteiger partial charge in [-0.3, -0.25) is 0 Å². The minimum atomic E-state index is -0.417. The Morgan fingerprint density at radius 3 is 2.11 bits per heavy atom. The third-order valence-corrected chi connectivity index (χ3v) is 3.65. The summed E-state index contributed by atoms with van der Waals surface area (Å²) in [6.45, 7) is 0. The molecule has 0 saturated carbocycles. The fraction of sp³-hybridized carbons (Fsp3) is 0.538. The van der Waals surface area contributed by atoms with Crippen molar-refractivity contribution in [2.75, 3.05) is 35.5 Å². The average molecular weight is 334 g/mol. The number of rotatable bonds is 7. The Hall–Kier alpha value is -0.820. The zero-order valence-electron chi connectivity index (χ0n) is 11.8. The van der Waals surface area contributed by atoms with Gasteiger partial charge in [0.05, 0.1) is 20.3 Å². The number of nitrogens with one attached hydrogen (secondary N) is 1. The molecule has 5 nitrogen and oxygen atoms in total. The van der Waals surface area contributed by atoms with Gasteiger partial charge in [-0.15, -0.1) is 0 Å². The first-order valence-electron chi connectivity index (χ1n) is 5.77. The smallest absolute Gasteiger partial charge is 0.176 e. The Morgan fingerprint density at radius 1 is 1.05 bits per heavy atom. The summed E-state index contributed by atoms with van der Waals surface area (Å²) >= 11 is 3.48. The van der Waals surface area contributed by atoms with Crippen molar-refractivity contribution in [3.05, 3.63) is 22.2 Å². The van der Waals surface area contributed by atoms with Gasteiger partial charge in [-0.1, -0.05) is 0 Å². The number of likely N-dealkylation sites (N-methyl/N-ethyl adjacent to an activating group) is 1. The first-order chi connectivity index (χ1) is 9.14. The SMILES string of the molecule is CNC(c1ccc(OC)c(Br)c1OC)C(OC)OC. The molecule has 0 aliphatic rings. The summed E-state index contributed by atoms with van der Waals surface area (Å²) in [6, 6.07) is 3.63. The van der Waals surface area contributed by atoms with E-state index in [0.717, 1.165) is 10.0 Å². The molecule has 0 heterocycles. The van der Waals surface area contributed by atoms with E-state index in [0.29, 0.717) is 11.5 Å². The van der Waals surface area contributed by atoms with Gasteiger partial charge in [0, 0.05) is 19.8 Å². The lowest BCUT2D eigenvalue weighted by molar-refractivity contribution is -0.123. The summed E-state index contributed by atoms with van der Waals surface area (Å²) < 4.78 is 22.1. The van der Waals surface area contributed by atoms with Crippen LogP contribution in [-0.2, 0) is 9.47 Å². The van der Waals surface area contributed by atoms with Gasteiger partial charge in [0.25, 0.3) is 0 Å². The van der Waals surface area contributed by atoms with Crippen LogP contribution in [0.5, 0.6) is 11.5 Å². The fourth-order valence-electron chi connectivity index (χ4n) is 1.97. The highest BCUT2D eigenvalue weighted by atomic mass is 79.9. The molecule has 0 aliphatic heterocycles.